The maximum Gasteiger partial charge on any atom is 0.336 e. The number of aromatic nitrogens is 1. The summed E-state index contributed by atoms with van der Waals surface area (Å²) < 4.78 is 0. The summed E-state index contributed by atoms with van der Waals surface area (Å²) in [5.74, 6) is -0.919. The van der Waals surface area contributed by atoms with Crippen molar-refractivity contribution in [1.82, 2.24) is 4.98 Å². The van der Waals surface area contributed by atoms with E-state index < -0.39 is 5.97 Å². The van der Waals surface area contributed by atoms with Crippen LogP contribution in [0.3, 0.4) is 0 Å². The fourth-order valence-corrected chi connectivity index (χ4v) is 2.68. The fraction of sp³-hybridized carbons (Fsp3) is 0.294. The molecule has 20 heavy (non-hydrogen) atoms. The summed E-state index contributed by atoms with van der Waals surface area (Å²) in [5.41, 5.74) is 7.93. The molecule has 0 radical (unpaired) electrons. The highest BCUT2D eigenvalue weighted by Gasteiger charge is 2.18. The highest BCUT2D eigenvalue weighted by molar-refractivity contribution is 5.97. The maximum atomic E-state index is 11.4. The molecule has 0 bridgehead atoms. The average Bonchev–Trinajstić information content (AvgIpc) is 2.43. The number of hydrogen-bond donors (Lipinski definition) is 1. The van der Waals surface area contributed by atoms with Crippen LogP contribution in [0, 0.1) is 34.6 Å². The molecule has 1 heterocycles. The van der Waals surface area contributed by atoms with Crippen molar-refractivity contribution in [3.63, 3.8) is 0 Å². The van der Waals surface area contributed by atoms with Crippen molar-refractivity contribution in [2.75, 3.05) is 0 Å². The van der Waals surface area contributed by atoms with Crippen molar-refractivity contribution in [3.05, 3.63) is 51.8 Å². The minimum absolute atomic E-state index is 0.300. The van der Waals surface area contributed by atoms with E-state index >= 15 is 0 Å². The highest BCUT2D eigenvalue weighted by atomic mass is 16.4. The van der Waals surface area contributed by atoms with E-state index in [1.54, 1.807) is 12.3 Å². The largest absolute Gasteiger partial charge is 0.478 e. The molecule has 0 saturated carbocycles. The van der Waals surface area contributed by atoms with Gasteiger partial charge in [-0.1, -0.05) is 0 Å². The Kier molecular flexibility index (Phi) is 3.62. The van der Waals surface area contributed by atoms with Crippen LogP contribution in [0.25, 0.3) is 11.1 Å². The molecule has 2 aromatic rings. The zero-order chi connectivity index (χ0) is 15.0. The van der Waals surface area contributed by atoms with Crippen LogP contribution in [0.5, 0.6) is 0 Å². The third-order valence-corrected chi connectivity index (χ3v) is 4.32. The van der Waals surface area contributed by atoms with Crippen LogP contribution < -0.4 is 0 Å². The van der Waals surface area contributed by atoms with Gasteiger partial charge >= 0.3 is 5.97 Å². The van der Waals surface area contributed by atoms with Gasteiger partial charge in [0.1, 0.15) is 0 Å². The van der Waals surface area contributed by atoms with Crippen LogP contribution in [0.1, 0.15) is 38.2 Å². The second-order valence-corrected chi connectivity index (χ2v) is 5.23. The summed E-state index contributed by atoms with van der Waals surface area (Å²) in [6, 6.07) is 1.56. The van der Waals surface area contributed by atoms with Crippen LogP contribution in [0.2, 0.25) is 0 Å². The first-order valence-corrected chi connectivity index (χ1v) is 6.60. The molecular formula is C17H19NO2. The SMILES string of the molecule is Cc1c(C)c(C)c(-c2cnccc2C(=O)O)c(C)c1C. The van der Waals surface area contributed by atoms with Gasteiger partial charge in [-0.2, -0.15) is 0 Å². The van der Waals surface area contributed by atoms with E-state index in [2.05, 4.69) is 25.8 Å². The number of benzene rings is 1. The Morgan fingerprint density at radius 1 is 0.950 bits per heavy atom. The first-order chi connectivity index (χ1) is 9.36. The van der Waals surface area contributed by atoms with Crippen molar-refractivity contribution < 1.29 is 9.90 Å². The molecule has 3 heteroatoms. The fourth-order valence-electron chi connectivity index (χ4n) is 2.68. The van der Waals surface area contributed by atoms with Crippen molar-refractivity contribution in [1.29, 1.82) is 0 Å². The van der Waals surface area contributed by atoms with Gasteiger partial charge < -0.3 is 5.11 Å². The number of nitrogens with zero attached hydrogens (tertiary/aromatic N) is 1. The van der Waals surface area contributed by atoms with Crippen molar-refractivity contribution >= 4 is 5.97 Å². The van der Waals surface area contributed by atoms with Gasteiger partial charge in [-0.15, -0.1) is 0 Å². The normalized spacial score (nSPS) is 10.7. The zero-order valence-corrected chi connectivity index (χ0v) is 12.5. The molecule has 0 atom stereocenters. The number of carboxylic acids is 1. The summed E-state index contributed by atoms with van der Waals surface area (Å²) in [6.07, 6.45) is 3.17. The lowest BCUT2D eigenvalue weighted by Crippen LogP contribution is -2.05. The molecular weight excluding hydrogens is 250 g/mol. The van der Waals surface area contributed by atoms with Crippen LogP contribution in [-0.4, -0.2) is 16.1 Å². The Bertz CT molecular complexity index is 673. The first-order valence-electron chi connectivity index (χ1n) is 6.60. The quantitative estimate of drug-likeness (QED) is 0.896. The van der Waals surface area contributed by atoms with E-state index in [0.717, 1.165) is 16.7 Å². The van der Waals surface area contributed by atoms with Crippen LogP contribution >= 0.6 is 0 Å². The molecule has 0 saturated heterocycles. The van der Waals surface area contributed by atoms with Gasteiger partial charge in [0.15, 0.2) is 0 Å². The molecule has 1 aromatic carbocycles. The third-order valence-electron chi connectivity index (χ3n) is 4.32. The van der Waals surface area contributed by atoms with Crippen LogP contribution in [-0.2, 0) is 0 Å². The highest BCUT2D eigenvalue weighted by Crippen LogP contribution is 2.35. The van der Waals surface area contributed by atoms with Gasteiger partial charge in [-0.05, 0) is 74.1 Å². The lowest BCUT2D eigenvalue weighted by molar-refractivity contribution is 0.0697. The number of carboxylic acid groups (broad SMARTS) is 1. The van der Waals surface area contributed by atoms with Gasteiger partial charge in [-0.3, -0.25) is 4.98 Å². The molecule has 104 valence electrons. The lowest BCUT2D eigenvalue weighted by Gasteiger charge is -2.19. The molecule has 0 aliphatic rings. The summed E-state index contributed by atoms with van der Waals surface area (Å²) in [7, 11) is 0. The first kappa shape index (κ1) is 14.3. The molecule has 0 aliphatic heterocycles. The van der Waals surface area contributed by atoms with E-state index in [4.69, 9.17) is 0 Å². The predicted molar refractivity (Wildman–Crippen MR) is 80.3 cm³/mol. The molecule has 1 aromatic heterocycles. The second-order valence-electron chi connectivity index (χ2n) is 5.23. The van der Waals surface area contributed by atoms with E-state index in [1.165, 1.54) is 22.9 Å². The standard InChI is InChI=1S/C17H19NO2/c1-9-10(2)12(4)16(13(5)11(9)3)15-8-18-7-6-14(15)17(19)20/h6-8H,1-5H3,(H,19,20). The molecule has 1 N–H and O–H groups in total. The minimum atomic E-state index is -0.919. The monoisotopic (exact) mass is 269 g/mol. The summed E-state index contributed by atoms with van der Waals surface area (Å²) >= 11 is 0. The van der Waals surface area contributed by atoms with Crippen molar-refractivity contribution in [2.45, 2.75) is 34.6 Å². The third kappa shape index (κ3) is 2.09. The Morgan fingerprint density at radius 3 is 1.95 bits per heavy atom. The van der Waals surface area contributed by atoms with Gasteiger partial charge in [0.25, 0.3) is 0 Å². The topological polar surface area (TPSA) is 50.2 Å². The number of pyridine rings is 1. The number of hydrogen-bond acceptors (Lipinski definition) is 2. The Morgan fingerprint density at radius 2 is 1.45 bits per heavy atom. The number of aromatic carboxylic acids is 1. The van der Waals surface area contributed by atoms with Crippen molar-refractivity contribution in [2.24, 2.45) is 0 Å². The molecule has 0 spiro atoms. The summed E-state index contributed by atoms with van der Waals surface area (Å²) in [6.45, 7) is 10.4. The minimum Gasteiger partial charge on any atom is -0.478 e. The van der Waals surface area contributed by atoms with E-state index in [1.807, 2.05) is 13.8 Å². The van der Waals surface area contributed by atoms with Gasteiger partial charge in [0.05, 0.1) is 5.56 Å². The molecule has 3 nitrogen and oxygen atoms in total. The smallest absolute Gasteiger partial charge is 0.336 e. The Balaban J connectivity index is 2.88. The van der Waals surface area contributed by atoms with Crippen LogP contribution in [0.4, 0.5) is 0 Å². The zero-order valence-electron chi connectivity index (χ0n) is 12.5. The van der Waals surface area contributed by atoms with Gasteiger partial charge in [0, 0.05) is 18.0 Å². The van der Waals surface area contributed by atoms with E-state index in [-0.39, 0.29) is 0 Å². The lowest BCUT2D eigenvalue weighted by atomic mass is 9.85. The van der Waals surface area contributed by atoms with Crippen molar-refractivity contribution in [3.8, 4) is 11.1 Å². The molecule has 0 amide bonds. The van der Waals surface area contributed by atoms with Gasteiger partial charge in [0.2, 0.25) is 0 Å². The predicted octanol–water partition coefficient (Wildman–Crippen LogP) is 3.99. The van der Waals surface area contributed by atoms with E-state index in [0.29, 0.717) is 11.1 Å². The molecule has 0 fully saturated rings. The van der Waals surface area contributed by atoms with Crippen LogP contribution in [0.15, 0.2) is 18.5 Å². The molecule has 2 rings (SSSR count). The second kappa shape index (κ2) is 5.08. The maximum absolute atomic E-state index is 11.4. The van der Waals surface area contributed by atoms with E-state index in [9.17, 15) is 9.90 Å². The number of carbonyl (C=O) groups is 1. The average molecular weight is 269 g/mol. The summed E-state index contributed by atoms with van der Waals surface area (Å²) in [5, 5.41) is 9.37. The number of rotatable bonds is 2. The summed E-state index contributed by atoms with van der Waals surface area (Å²) in [4.78, 5) is 15.5. The van der Waals surface area contributed by atoms with Gasteiger partial charge in [-0.25, -0.2) is 4.79 Å². The molecule has 0 aliphatic carbocycles. The Labute approximate surface area is 119 Å². The molecule has 0 unspecified atom stereocenters. The Hall–Kier alpha value is -2.16.